The molecule has 0 saturated heterocycles. The molecule has 4 rings (SSSR count). The minimum Gasteiger partial charge on any atom is -0.497 e. The first-order chi connectivity index (χ1) is 13.2. The monoisotopic (exact) mass is 365 g/mol. The molecule has 6 heteroatoms. The number of amides is 2. The van der Waals surface area contributed by atoms with E-state index in [2.05, 4.69) is 9.88 Å². The van der Waals surface area contributed by atoms with E-state index in [0.29, 0.717) is 13.1 Å². The number of urea groups is 1. The van der Waals surface area contributed by atoms with Crippen molar-refractivity contribution < 1.29 is 13.9 Å². The molecule has 0 saturated carbocycles. The van der Waals surface area contributed by atoms with Crippen molar-refractivity contribution >= 4 is 11.7 Å². The molecule has 2 aromatic carbocycles. The van der Waals surface area contributed by atoms with Gasteiger partial charge in [-0.05, 0) is 42.0 Å². The highest BCUT2D eigenvalue weighted by molar-refractivity contribution is 5.90. The quantitative estimate of drug-likeness (QED) is 0.753. The lowest BCUT2D eigenvalue weighted by molar-refractivity contribution is 0.181. The Hall–Kier alpha value is -3.28. The Morgan fingerprint density at radius 1 is 1.11 bits per heavy atom. The first-order valence-corrected chi connectivity index (χ1v) is 8.78. The summed E-state index contributed by atoms with van der Waals surface area (Å²) in [5.74, 6) is 0.273. The standard InChI is InChI=1S/C21H20FN3O2/c1-27-16-7-4-6-15(14-16)20-19-10-5-11-24(19)12-13-25(20)21(26)23-18-9-3-2-8-17(18)22/h2-11,14,20H,12-13H2,1H3,(H,23,26)/t20-/m1/s1. The number of ether oxygens (including phenoxy) is 1. The average Bonchev–Trinajstić information content (AvgIpc) is 3.17. The van der Waals surface area contributed by atoms with Crippen molar-refractivity contribution in [3.05, 3.63) is 83.9 Å². The molecule has 1 N–H and O–H groups in total. The highest BCUT2D eigenvalue weighted by atomic mass is 19.1. The van der Waals surface area contributed by atoms with Crippen molar-refractivity contribution in [3.63, 3.8) is 0 Å². The number of hydrogen-bond donors (Lipinski definition) is 1. The van der Waals surface area contributed by atoms with E-state index in [1.807, 2.05) is 42.6 Å². The minimum atomic E-state index is -0.454. The van der Waals surface area contributed by atoms with Gasteiger partial charge in [0.05, 0.1) is 18.8 Å². The van der Waals surface area contributed by atoms with Crippen LogP contribution in [-0.2, 0) is 6.54 Å². The molecule has 1 aliphatic rings. The summed E-state index contributed by atoms with van der Waals surface area (Å²) in [5.41, 5.74) is 2.13. The van der Waals surface area contributed by atoms with Gasteiger partial charge < -0.3 is 19.5 Å². The average molecular weight is 365 g/mol. The van der Waals surface area contributed by atoms with Crippen LogP contribution in [0.1, 0.15) is 17.3 Å². The van der Waals surface area contributed by atoms with Crippen molar-refractivity contribution in [1.82, 2.24) is 9.47 Å². The molecule has 2 amide bonds. The van der Waals surface area contributed by atoms with Crippen molar-refractivity contribution in [1.29, 1.82) is 0 Å². The predicted molar refractivity (Wildman–Crippen MR) is 101 cm³/mol. The Bertz CT molecular complexity index is 969. The molecule has 0 fully saturated rings. The zero-order chi connectivity index (χ0) is 18.8. The third-order valence-corrected chi connectivity index (χ3v) is 4.82. The first-order valence-electron chi connectivity index (χ1n) is 8.78. The summed E-state index contributed by atoms with van der Waals surface area (Å²) in [6.07, 6.45) is 2.01. The van der Waals surface area contributed by atoms with Gasteiger partial charge in [0.25, 0.3) is 0 Å². The zero-order valence-electron chi connectivity index (χ0n) is 14.9. The molecule has 1 atom stereocenters. The summed E-state index contributed by atoms with van der Waals surface area (Å²) in [4.78, 5) is 14.7. The number of benzene rings is 2. The number of nitrogens with one attached hydrogen (secondary N) is 1. The van der Waals surface area contributed by atoms with Gasteiger partial charge >= 0.3 is 6.03 Å². The maximum absolute atomic E-state index is 14.0. The molecule has 138 valence electrons. The van der Waals surface area contributed by atoms with Crippen LogP contribution in [0.2, 0.25) is 0 Å². The van der Waals surface area contributed by atoms with E-state index in [4.69, 9.17) is 4.74 Å². The molecule has 0 spiro atoms. The molecular formula is C21H20FN3O2. The molecule has 1 aliphatic heterocycles. The van der Waals surface area contributed by atoms with Crippen LogP contribution in [0.25, 0.3) is 0 Å². The van der Waals surface area contributed by atoms with Crippen LogP contribution in [0.3, 0.4) is 0 Å². The molecular weight excluding hydrogens is 345 g/mol. The van der Waals surface area contributed by atoms with Gasteiger partial charge in [-0.15, -0.1) is 0 Å². The predicted octanol–water partition coefficient (Wildman–Crippen LogP) is 4.27. The lowest BCUT2D eigenvalue weighted by Gasteiger charge is -2.37. The van der Waals surface area contributed by atoms with Gasteiger partial charge in [-0.25, -0.2) is 9.18 Å². The van der Waals surface area contributed by atoms with Crippen molar-refractivity contribution in [3.8, 4) is 5.75 Å². The number of halogens is 1. The highest BCUT2D eigenvalue weighted by Gasteiger charge is 2.32. The molecule has 2 heterocycles. The van der Waals surface area contributed by atoms with Crippen LogP contribution in [0, 0.1) is 5.82 Å². The smallest absolute Gasteiger partial charge is 0.322 e. The van der Waals surface area contributed by atoms with Crippen molar-refractivity contribution in [2.75, 3.05) is 19.0 Å². The number of anilines is 1. The number of hydrogen-bond acceptors (Lipinski definition) is 2. The normalized spacial score (nSPS) is 15.9. The maximum atomic E-state index is 14.0. The van der Waals surface area contributed by atoms with E-state index in [1.165, 1.54) is 6.07 Å². The van der Waals surface area contributed by atoms with Crippen molar-refractivity contribution in [2.45, 2.75) is 12.6 Å². The number of carbonyl (C=O) groups is 1. The summed E-state index contributed by atoms with van der Waals surface area (Å²) in [5, 5.41) is 2.70. The number of nitrogens with zero attached hydrogens (tertiary/aromatic N) is 2. The van der Waals surface area contributed by atoms with Crippen LogP contribution in [0.5, 0.6) is 5.75 Å². The second-order valence-corrected chi connectivity index (χ2v) is 6.41. The number of methoxy groups -OCH3 is 1. The fourth-order valence-corrected chi connectivity index (χ4v) is 3.51. The van der Waals surface area contributed by atoms with Gasteiger partial charge in [0.15, 0.2) is 0 Å². The van der Waals surface area contributed by atoms with Crippen LogP contribution >= 0.6 is 0 Å². The Balaban J connectivity index is 1.70. The van der Waals surface area contributed by atoms with Gasteiger partial charge in [-0.1, -0.05) is 24.3 Å². The second kappa shape index (κ2) is 7.15. The summed E-state index contributed by atoms with van der Waals surface area (Å²) in [6, 6.07) is 17.2. The lowest BCUT2D eigenvalue weighted by Crippen LogP contribution is -2.44. The highest BCUT2D eigenvalue weighted by Crippen LogP contribution is 2.34. The number of carbonyl (C=O) groups excluding carboxylic acids is 1. The summed E-state index contributed by atoms with van der Waals surface area (Å²) >= 11 is 0. The zero-order valence-corrected chi connectivity index (χ0v) is 14.9. The molecule has 0 radical (unpaired) electrons. The number of para-hydroxylation sites is 1. The van der Waals surface area contributed by atoms with Crippen LogP contribution in [0.15, 0.2) is 66.9 Å². The SMILES string of the molecule is COc1cccc([C@@H]2c3cccn3CCN2C(=O)Nc2ccccc2F)c1. The van der Waals surface area contributed by atoms with Gasteiger partial charge in [0, 0.05) is 25.0 Å². The van der Waals surface area contributed by atoms with E-state index in [9.17, 15) is 9.18 Å². The Morgan fingerprint density at radius 2 is 1.96 bits per heavy atom. The molecule has 0 bridgehead atoms. The van der Waals surface area contributed by atoms with E-state index >= 15 is 0 Å². The minimum absolute atomic E-state index is 0.174. The van der Waals surface area contributed by atoms with Crippen LogP contribution < -0.4 is 10.1 Å². The maximum Gasteiger partial charge on any atom is 0.322 e. The Kier molecular flexibility index (Phi) is 4.54. The van der Waals surface area contributed by atoms with E-state index < -0.39 is 5.82 Å². The van der Waals surface area contributed by atoms with Gasteiger partial charge in [0.1, 0.15) is 11.6 Å². The largest absolute Gasteiger partial charge is 0.497 e. The Labute approximate surface area is 157 Å². The fraction of sp³-hybridized carbons (Fsp3) is 0.190. The van der Waals surface area contributed by atoms with E-state index in [1.54, 1.807) is 30.2 Å². The van der Waals surface area contributed by atoms with E-state index in [0.717, 1.165) is 17.0 Å². The summed E-state index contributed by atoms with van der Waals surface area (Å²) < 4.78 is 21.5. The number of aromatic nitrogens is 1. The molecule has 3 aromatic rings. The molecule has 0 aliphatic carbocycles. The van der Waals surface area contributed by atoms with Gasteiger partial charge in [-0.3, -0.25) is 0 Å². The van der Waals surface area contributed by atoms with Crippen LogP contribution in [-0.4, -0.2) is 29.2 Å². The third kappa shape index (κ3) is 3.26. The Morgan fingerprint density at radius 3 is 2.78 bits per heavy atom. The molecule has 0 unspecified atom stereocenters. The molecule has 1 aromatic heterocycles. The topological polar surface area (TPSA) is 46.5 Å². The summed E-state index contributed by atoms with van der Waals surface area (Å²) in [6.45, 7) is 1.21. The third-order valence-electron chi connectivity index (χ3n) is 4.82. The summed E-state index contributed by atoms with van der Waals surface area (Å²) in [7, 11) is 1.62. The molecule has 5 nitrogen and oxygen atoms in total. The van der Waals surface area contributed by atoms with E-state index in [-0.39, 0.29) is 17.8 Å². The second-order valence-electron chi connectivity index (χ2n) is 6.41. The number of rotatable bonds is 3. The number of fused-ring (bicyclic) bond motifs is 1. The van der Waals surface area contributed by atoms with Crippen LogP contribution in [0.4, 0.5) is 14.9 Å². The molecule has 27 heavy (non-hydrogen) atoms. The fourth-order valence-electron chi connectivity index (χ4n) is 3.51. The van der Waals surface area contributed by atoms with Gasteiger partial charge in [-0.2, -0.15) is 0 Å². The lowest BCUT2D eigenvalue weighted by atomic mass is 10.00. The first kappa shape index (κ1) is 17.1. The van der Waals surface area contributed by atoms with Crippen molar-refractivity contribution in [2.24, 2.45) is 0 Å². The van der Waals surface area contributed by atoms with Gasteiger partial charge in [0.2, 0.25) is 0 Å².